The molecule has 0 atom stereocenters. The van der Waals surface area contributed by atoms with Crippen LogP contribution in [-0.2, 0) is 6.54 Å². The van der Waals surface area contributed by atoms with Crippen LogP contribution in [0.1, 0.15) is 24.1 Å². The van der Waals surface area contributed by atoms with Gasteiger partial charge in [-0.05, 0) is 43.2 Å². The van der Waals surface area contributed by atoms with E-state index in [9.17, 15) is 4.39 Å². The minimum Gasteiger partial charge on any atom is -0.381 e. The molecule has 4 nitrogen and oxygen atoms in total. The number of nitrogens with one attached hydrogen (secondary N) is 1. The molecule has 0 radical (unpaired) electrons. The van der Waals surface area contributed by atoms with Crippen molar-refractivity contribution >= 4 is 5.69 Å². The molecule has 0 spiro atoms. The van der Waals surface area contributed by atoms with Crippen molar-refractivity contribution in [2.24, 2.45) is 0 Å². The lowest BCUT2D eigenvalue weighted by Crippen LogP contribution is -2.38. The van der Waals surface area contributed by atoms with Gasteiger partial charge in [0.05, 0.1) is 16.9 Å². The van der Waals surface area contributed by atoms with Crippen molar-refractivity contribution in [3.05, 3.63) is 59.7 Å². The Morgan fingerprint density at radius 1 is 1.26 bits per heavy atom. The van der Waals surface area contributed by atoms with E-state index in [0.717, 1.165) is 43.9 Å². The Kier molecular flexibility index (Phi) is 4.84. The third-order valence-electron chi connectivity index (χ3n) is 4.16. The maximum absolute atomic E-state index is 13.2. The van der Waals surface area contributed by atoms with E-state index >= 15 is 0 Å². The molecule has 2 aromatic rings. The van der Waals surface area contributed by atoms with Gasteiger partial charge in [-0.1, -0.05) is 6.07 Å². The summed E-state index contributed by atoms with van der Waals surface area (Å²) in [6.45, 7) is 2.84. The Morgan fingerprint density at radius 2 is 2.09 bits per heavy atom. The van der Waals surface area contributed by atoms with Crippen LogP contribution < -0.4 is 5.32 Å². The largest absolute Gasteiger partial charge is 0.381 e. The topological polar surface area (TPSA) is 52.0 Å². The number of hydrogen-bond acceptors (Lipinski definition) is 4. The molecule has 0 saturated carbocycles. The van der Waals surface area contributed by atoms with Gasteiger partial charge in [0.25, 0.3) is 0 Å². The number of pyridine rings is 1. The molecule has 5 heteroatoms. The minimum atomic E-state index is -0.378. The summed E-state index contributed by atoms with van der Waals surface area (Å²) in [5.74, 6) is -0.378. The maximum atomic E-state index is 13.2. The number of benzene rings is 1. The summed E-state index contributed by atoms with van der Waals surface area (Å²) in [6.07, 6.45) is 3.81. The number of nitriles is 1. The van der Waals surface area contributed by atoms with Crippen molar-refractivity contribution in [2.45, 2.75) is 25.4 Å². The Bertz CT molecular complexity index is 688. The molecule has 0 amide bonds. The molecule has 2 heterocycles. The molecule has 1 fully saturated rings. The molecule has 0 unspecified atom stereocenters. The highest BCUT2D eigenvalue weighted by Gasteiger charge is 2.20. The molecular formula is C18H19FN4. The van der Waals surface area contributed by atoms with E-state index in [0.29, 0.717) is 11.6 Å². The van der Waals surface area contributed by atoms with Gasteiger partial charge in [0, 0.05) is 31.9 Å². The lowest BCUT2D eigenvalue weighted by molar-refractivity contribution is 0.209. The molecule has 23 heavy (non-hydrogen) atoms. The Labute approximate surface area is 135 Å². The zero-order valence-corrected chi connectivity index (χ0v) is 12.9. The van der Waals surface area contributed by atoms with E-state index in [2.05, 4.69) is 15.2 Å². The predicted molar refractivity (Wildman–Crippen MR) is 87.3 cm³/mol. The van der Waals surface area contributed by atoms with Gasteiger partial charge >= 0.3 is 0 Å². The number of anilines is 1. The van der Waals surface area contributed by atoms with E-state index in [1.807, 2.05) is 30.5 Å². The summed E-state index contributed by atoms with van der Waals surface area (Å²) < 4.78 is 13.2. The fraction of sp³-hybridized carbons (Fsp3) is 0.333. The van der Waals surface area contributed by atoms with E-state index in [-0.39, 0.29) is 5.82 Å². The maximum Gasteiger partial charge on any atom is 0.124 e. The molecular weight excluding hydrogens is 291 g/mol. The van der Waals surface area contributed by atoms with Gasteiger partial charge in [0.1, 0.15) is 11.9 Å². The van der Waals surface area contributed by atoms with E-state index in [1.165, 1.54) is 12.1 Å². The summed E-state index contributed by atoms with van der Waals surface area (Å²) in [6, 6.07) is 12.6. The van der Waals surface area contributed by atoms with Crippen molar-refractivity contribution in [2.75, 3.05) is 18.4 Å². The monoisotopic (exact) mass is 310 g/mol. The van der Waals surface area contributed by atoms with Crippen LogP contribution in [0.5, 0.6) is 0 Å². The zero-order chi connectivity index (χ0) is 16.1. The quantitative estimate of drug-likeness (QED) is 0.942. The van der Waals surface area contributed by atoms with Crippen molar-refractivity contribution in [1.82, 2.24) is 9.88 Å². The van der Waals surface area contributed by atoms with Crippen LogP contribution in [-0.4, -0.2) is 29.0 Å². The van der Waals surface area contributed by atoms with Gasteiger partial charge in [0.2, 0.25) is 0 Å². The Balaban J connectivity index is 1.54. The van der Waals surface area contributed by atoms with Crippen LogP contribution in [0.4, 0.5) is 10.1 Å². The van der Waals surface area contributed by atoms with E-state index < -0.39 is 0 Å². The Morgan fingerprint density at radius 3 is 2.78 bits per heavy atom. The van der Waals surface area contributed by atoms with Crippen molar-refractivity contribution in [3.63, 3.8) is 0 Å². The standard InChI is InChI=1S/C18H19FN4/c19-15-4-5-18(14(11-15)12-20)22-16-6-9-23(10-7-16)13-17-3-1-2-8-21-17/h1-5,8,11,16,22H,6-7,9-10,13H2. The van der Waals surface area contributed by atoms with Gasteiger partial charge in [-0.3, -0.25) is 9.88 Å². The van der Waals surface area contributed by atoms with Gasteiger partial charge in [0.15, 0.2) is 0 Å². The van der Waals surface area contributed by atoms with Crippen molar-refractivity contribution in [3.8, 4) is 6.07 Å². The summed E-state index contributed by atoms with van der Waals surface area (Å²) in [7, 11) is 0. The average molecular weight is 310 g/mol. The second-order valence-corrected chi connectivity index (χ2v) is 5.82. The van der Waals surface area contributed by atoms with E-state index in [4.69, 9.17) is 5.26 Å². The smallest absolute Gasteiger partial charge is 0.124 e. The highest BCUT2D eigenvalue weighted by molar-refractivity contribution is 5.57. The predicted octanol–water partition coefficient (Wildman–Crippen LogP) is 3.17. The SMILES string of the molecule is N#Cc1cc(F)ccc1NC1CCN(Cc2ccccn2)CC1. The van der Waals surface area contributed by atoms with Crippen LogP contribution in [0.2, 0.25) is 0 Å². The third kappa shape index (κ3) is 4.05. The highest BCUT2D eigenvalue weighted by atomic mass is 19.1. The molecule has 3 rings (SSSR count). The molecule has 0 aliphatic carbocycles. The minimum absolute atomic E-state index is 0.313. The lowest BCUT2D eigenvalue weighted by Gasteiger charge is -2.32. The van der Waals surface area contributed by atoms with Gasteiger partial charge in [-0.2, -0.15) is 5.26 Å². The van der Waals surface area contributed by atoms with Gasteiger partial charge in [-0.15, -0.1) is 0 Å². The first-order valence-corrected chi connectivity index (χ1v) is 7.83. The number of likely N-dealkylation sites (tertiary alicyclic amines) is 1. The summed E-state index contributed by atoms with van der Waals surface area (Å²) in [5, 5.41) is 12.5. The molecule has 1 saturated heterocycles. The van der Waals surface area contributed by atoms with Crippen LogP contribution >= 0.6 is 0 Å². The molecule has 1 aromatic carbocycles. The molecule has 1 aromatic heterocycles. The Hall–Kier alpha value is -2.45. The fourth-order valence-corrected chi connectivity index (χ4v) is 2.91. The normalized spacial score (nSPS) is 16.0. The number of rotatable bonds is 4. The zero-order valence-electron chi connectivity index (χ0n) is 12.9. The second kappa shape index (κ2) is 7.21. The highest BCUT2D eigenvalue weighted by Crippen LogP contribution is 2.21. The number of hydrogen-bond donors (Lipinski definition) is 1. The molecule has 1 aliphatic rings. The van der Waals surface area contributed by atoms with Gasteiger partial charge in [-0.25, -0.2) is 4.39 Å². The molecule has 1 N–H and O–H groups in total. The number of piperidine rings is 1. The first-order valence-electron chi connectivity index (χ1n) is 7.83. The molecule has 1 aliphatic heterocycles. The number of aromatic nitrogens is 1. The first-order chi connectivity index (χ1) is 11.2. The average Bonchev–Trinajstić information content (AvgIpc) is 2.59. The van der Waals surface area contributed by atoms with Gasteiger partial charge < -0.3 is 5.32 Å². The summed E-state index contributed by atoms with van der Waals surface area (Å²) in [5.41, 5.74) is 2.17. The number of halogens is 1. The van der Waals surface area contributed by atoms with Crippen LogP contribution in [0.3, 0.4) is 0 Å². The van der Waals surface area contributed by atoms with Crippen molar-refractivity contribution in [1.29, 1.82) is 5.26 Å². The van der Waals surface area contributed by atoms with Crippen LogP contribution in [0.25, 0.3) is 0 Å². The lowest BCUT2D eigenvalue weighted by atomic mass is 10.0. The van der Waals surface area contributed by atoms with Crippen LogP contribution in [0, 0.1) is 17.1 Å². The first kappa shape index (κ1) is 15.4. The van der Waals surface area contributed by atoms with Crippen molar-refractivity contribution < 1.29 is 4.39 Å². The number of nitrogens with zero attached hydrogens (tertiary/aromatic N) is 3. The second-order valence-electron chi connectivity index (χ2n) is 5.82. The fourth-order valence-electron chi connectivity index (χ4n) is 2.91. The molecule has 0 bridgehead atoms. The van der Waals surface area contributed by atoms with E-state index in [1.54, 1.807) is 6.07 Å². The molecule has 118 valence electrons. The summed E-state index contributed by atoms with van der Waals surface area (Å²) in [4.78, 5) is 6.75. The van der Waals surface area contributed by atoms with Crippen LogP contribution in [0.15, 0.2) is 42.6 Å². The third-order valence-corrected chi connectivity index (χ3v) is 4.16. The summed E-state index contributed by atoms with van der Waals surface area (Å²) >= 11 is 0.